The van der Waals surface area contributed by atoms with Crippen molar-refractivity contribution in [3.63, 3.8) is 0 Å². The summed E-state index contributed by atoms with van der Waals surface area (Å²) in [5.41, 5.74) is 6.60. The molecule has 134 valence electrons. The molecule has 1 aliphatic rings. The van der Waals surface area contributed by atoms with E-state index in [0.717, 1.165) is 28.5 Å². The Morgan fingerprint density at radius 2 is 1.77 bits per heavy atom. The van der Waals surface area contributed by atoms with Gasteiger partial charge in [0.15, 0.2) is 0 Å². The van der Waals surface area contributed by atoms with Crippen LogP contribution in [0.15, 0.2) is 53.6 Å². The van der Waals surface area contributed by atoms with Gasteiger partial charge >= 0.3 is 0 Å². The normalized spacial score (nSPS) is 16.8. The minimum atomic E-state index is -3.63. The molecule has 0 saturated heterocycles. The van der Waals surface area contributed by atoms with Crippen molar-refractivity contribution in [2.24, 2.45) is 0 Å². The van der Waals surface area contributed by atoms with E-state index in [-0.39, 0.29) is 5.92 Å². The molecule has 1 atom stereocenters. The summed E-state index contributed by atoms with van der Waals surface area (Å²) in [5.74, 6) is 0.209. The molecule has 0 N–H and O–H groups in total. The van der Waals surface area contributed by atoms with Crippen LogP contribution in [-0.4, -0.2) is 12.4 Å². The first-order valence-electron chi connectivity index (χ1n) is 9.02. The molecular weight excluding hydrogens is 342 g/mol. The van der Waals surface area contributed by atoms with Gasteiger partial charge < -0.3 is 0 Å². The van der Waals surface area contributed by atoms with E-state index < -0.39 is 10.0 Å². The summed E-state index contributed by atoms with van der Waals surface area (Å²) < 4.78 is 28.2. The molecule has 3 nitrogen and oxygen atoms in total. The van der Waals surface area contributed by atoms with E-state index in [1.165, 1.54) is 20.7 Å². The second kappa shape index (κ2) is 5.85. The third kappa shape index (κ3) is 2.36. The molecule has 0 radical (unpaired) electrons. The molecule has 0 saturated carbocycles. The highest BCUT2D eigenvalue weighted by atomic mass is 32.2. The van der Waals surface area contributed by atoms with Crippen LogP contribution in [0.4, 0.5) is 0 Å². The van der Waals surface area contributed by atoms with Crippen LogP contribution in [0, 0.1) is 6.92 Å². The fourth-order valence-corrected chi connectivity index (χ4v) is 5.41. The number of rotatable bonds is 3. The summed E-state index contributed by atoms with van der Waals surface area (Å²) in [6, 6.07) is 11.2. The van der Waals surface area contributed by atoms with Crippen molar-refractivity contribution in [3.05, 3.63) is 70.9 Å². The lowest BCUT2D eigenvalue weighted by atomic mass is 9.94. The number of hydrogen-bond donors (Lipinski definition) is 0. The van der Waals surface area contributed by atoms with Crippen molar-refractivity contribution in [3.8, 4) is 0 Å². The summed E-state index contributed by atoms with van der Waals surface area (Å²) in [6.07, 6.45) is 4.80. The lowest BCUT2D eigenvalue weighted by Gasteiger charge is -2.15. The highest BCUT2D eigenvalue weighted by Crippen LogP contribution is 2.42. The molecule has 0 amide bonds. The maximum Gasteiger partial charge on any atom is 0.268 e. The second-order valence-corrected chi connectivity index (χ2v) is 9.00. The van der Waals surface area contributed by atoms with Crippen molar-refractivity contribution in [1.82, 2.24) is 3.97 Å². The Morgan fingerprint density at radius 3 is 2.42 bits per heavy atom. The third-order valence-corrected chi connectivity index (χ3v) is 7.09. The summed E-state index contributed by atoms with van der Waals surface area (Å²) in [4.78, 5) is 0.326. The smallest absolute Gasteiger partial charge is 0.241 e. The molecule has 1 aromatic heterocycles. The number of benzene rings is 2. The molecule has 0 aliphatic heterocycles. The molecule has 0 spiro atoms. The topological polar surface area (TPSA) is 39.1 Å². The van der Waals surface area contributed by atoms with E-state index in [9.17, 15) is 8.42 Å². The Hall–Kier alpha value is -2.33. The Labute approximate surface area is 155 Å². The van der Waals surface area contributed by atoms with Gasteiger partial charge in [0.25, 0.3) is 10.0 Å². The maximum atomic E-state index is 13.4. The van der Waals surface area contributed by atoms with Gasteiger partial charge in [-0.15, -0.1) is 0 Å². The van der Waals surface area contributed by atoms with Crippen molar-refractivity contribution >= 4 is 26.5 Å². The first-order chi connectivity index (χ1) is 12.3. The number of aryl methyl sites for hydroxylation is 2. The quantitative estimate of drug-likeness (QED) is 0.634. The SMILES string of the molecule is CCc1cc2c(c3c1ccn3S(=O)(=O)c1ccc(C)cc1)[C@@H](C)C=C2C. The molecule has 26 heavy (non-hydrogen) atoms. The van der Waals surface area contributed by atoms with Gasteiger partial charge in [-0.1, -0.05) is 43.7 Å². The zero-order valence-corrected chi connectivity index (χ0v) is 16.4. The second-order valence-electron chi connectivity index (χ2n) is 7.18. The molecular formula is C22H23NO2S. The van der Waals surface area contributed by atoms with Crippen LogP contribution in [0.5, 0.6) is 0 Å². The van der Waals surface area contributed by atoms with Crippen LogP contribution in [0.25, 0.3) is 16.5 Å². The minimum Gasteiger partial charge on any atom is -0.241 e. The van der Waals surface area contributed by atoms with Crippen LogP contribution in [0.1, 0.15) is 48.9 Å². The van der Waals surface area contributed by atoms with E-state index in [2.05, 4.69) is 32.9 Å². The van der Waals surface area contributed by atoms with Crippen molar-refractivity contribution in [2.45, 2.75) is 44.9 Å². The highest BCUT2D eigenvalue weighted by Gasteiger charge is 2.27. The zero-order chi connectivity index (χ0) is 18.6. The Balaban J connectivity index is 2.05. The number of aromatic nitrogens is 1. The molecule has 4 rings (SSSR count). The van der Waals surface area contributed by atoms with Gasteiger partial charge in [-0.3, -0.25) is 0 Å². The Bertz CT molecular complexity index is 1150. The average Bonchev–Trinajstić information content (AvgIpc) is 3.16. The number of hydrogen-bond acceptors (Lipinski definition) is 2. The molecule has 2 aromatic carbocycles. The molecule has 1 aliphatic carbocycles. The van der Waals surface area contributed by atoms with E-state index >= 15 is 0 Å². The number of fused-ring (bicyclic) bond motifs is 3. The van der Waals surface area contributed by atoms with Gasteiger partial charge in [0.1, 0.15) is 0 Å². The lowest BCUT2D eigenvalue weighted by molar-refractivity contribution is 0.589. The summed E-state index contributed by atoms with van der Waals surface area (Å²) in [5, 5.41) is 1.04. The molecule has 0 fully saturated rings. The predicted molar refractivity (Wildman–Crippen MR) is 107 cm³/mol. The molecule has 3 aromatic rings. The maximum absolute atomic E-state index is 13.4. The first kappa shape index (κ1) is 17.1. The molecule has 0 unspecified atom stereocenters. The van der Waals surface area contributed by atoms with E-state index in [1.807, 2.05) is 25.1 Å². The summed E-state index contributed by atoms with van der Waals surface area (Å²) in [7, 11) is -3.63. The van der Waals surface area contributed by atoms with Crippen molar-refractivity contribution < 1.29 is 8.42 Å². The lowest BCUT2D eigenvalue weighted by Crippen LogP contribution is -2.13. The van der Waals surface area contributed by atoms with Gasteiger partial charge in [-0.25, -0.2) is 12.4 Å². The Kier molecular flexibility index (Phi) is 3.85. The van der Waals surface area contributed by atoms with Gasteiger partial charge in [-0.05, 0) is 60.7 Å². The average molecular weight is 365 g/mol. The number of allylic oxidation sites excluding steroid dienone is 2. The molecule has 4 heteroatoms. The van der Waals surface area contributed by atoms with Crippen LogP contribution < -0.4 is 0 Å². The van der Waals surface area contributed by atoms with Gasteiger partial charge in [0.2, 0.25) is 0 Å². The van der Waals surface area contributed by atoms with Crippen molar-refractivity contribution in [1.29, 1.82) is 0 Å². The fraction of sp³-hybridized carbons (Fsp3) is 0.273. The molecule has 0 bridgehead atoms. The first-order valence-corrected chi connectivity index (χ1v) is 10.5. The van der Waals surface area contributed by atoms with Crippen LogP contribution in [0.3, 0.4) is 0 Å². The number of nitrogens with zero attached hydrogens (tertiary/aromatic N) is 1. The summed E-state index contributed by atoms with van der Waals surface area (Å²) >= 11 is 0. The van der Waals surface area contributed by atoms with Crippen molar-refractivity contribution in [2.75, 3.05) is 0 Å². The fourth-order valence-electron chi connectivity index (χ4n) is 4.05. The Morgan fingerprint density at radius 1 is 1.08 bits per heavy atom. The molecule has 1 heterocycles. The minimum absolute atomic E-state index is 0.209. The van der Waals surface area contributed by atoms with Gasteiger partial charge in [-0.2, -0.15) is 0 Å². The van der Waals surface area contributed by atoms with E-state index in [1.54, 1.807) is 18.3 Å². The monoisotopic (exact) mass is 365 g/mol. The van der Waals surface area contributed by atoms with Crippen LogP contribution >= 0.6 is 0 Å². The highest BCUT2D eigenvalue weighted by molar-refractivity contribution is 7.90. The standard InChI is InChI=1S/C22H23NO2S/c1-5-17-13-20-15(3)12-16(4)21(20)22-19(17)10-11-23(22)26(24,25)18-8-6-14(2)7-9-18/h6-13,16H,5H2,1-4H3/t16-/m0/s1. The van der Waals surface area contributed by atoms with Crippen LogP contribution in [-0.2, 0) is 16.4 Å². The van der Waals surface area contributed by atoms with Gasteiger partial charge in [0, 0.05) is 17.5 Å². The largest absolute Gasteiger partial charge is 0.268 e. The summed E-state index contributed by atoms with van der Waals surface area (Å²) in [6.45, 7) is 8.31. The van der Waals surface area contributed by atoms with E-state index in [4.69, 9.17) is 0 Å². The van der Waals surface area contributed by atoms with Crippen LogP contribution in [0.2, 0.25) is 0 Å². The van der Waals surface area contributed by atoms with Gasteiger partial charge in [0.05, 0.1) is 10.4 Å². The predicted octanol–water partition coefficient (Wildman–Crippen LogP) is 5.27. The van der Waals surface area contributed by atoms with E-state index in [0.29, 0.717) is 4.90 Å². The zero-order valence-electron chi connectivity index (χ0n) is 15.6. The third-order valence-electron chi connectivity index (χ3n) is 5.40.